The topological polar surface area (TPSA) is 59.7 Å². The molecular weight excluding hydrogens is 206 g/mol. The van der Waals surface area contributed by atoms with Crippen LogP contribution in [0.4, 0.5) is 0 Å². The summed E-state index contributed by atoms with van der Waals surface area (Å²) in [4.78, 5) is 4.38. The number of rotatable bonds is 5. The predicted octanol–water partition coefficient (Wildman–Crippen LogP) is -0.477. The number of hydrogen-bond acceptors (Lipinski definition) is 5. The molecule has 1 aliphatic rings. The quantitative estimate of drug-likeness (QED) is 0.687. The molecule has 92 valence electrons. The van der Waals surface area contributed by atoms with Crippen LogP contribution < -0.4 is 0 Å². The van der Waals surface area contributed by atoms with E-state index in [1.54, 1.807) is 7.11 Å². The van der Waals surface area contributed by atoms with E-state index in [1.807, 2.05) is 6.92 Å². The van der Waals surface area contributed by atoms with E-state index in [2.05, 4.69) is 15.9 Å². The van der Waals surface area contributed by atoms with Crippen LogP contribution in [-0.4, -0.2) is 73.5 Å². The van der Waals surface area contributed by atoms with Crippen LogP contribution in [0.5, 0.6) is 0 Å². The van der Waals surface area contributed by atoms with E-state index in [4.69, 9.17) is 10.00 Å². The molecule has 0 aromatic heterocycles. The minimum absolute atomic E-state index is 0.00829. The highest BCUT2D eigenvalue weighted by atomic mass is 16.5. The number of piperazine rings is 1. The van der Waals surface area contributed by atoms with Gasteiger partial charge in [-0.15, -0.1) is 0 Å². The fourth-order valence-electron chi connectivity index (χ4n) is 1.96. The molecule has 5 heteroatoms. The number of hydrogen-bond donors (Lipinski definition) is 1. The fourth-order valence-corrected chi connectivity index (χ4v) is 1.96. The van der Waals surface area contributed by atoms with Crippen molar-refractivity contribution in [3.05, 3.63) is 0 Å². The lowest BCUT2D eigenvalue weighted by Crippen LogP contribution is -2.51. The van der Waals surface area contributed by atoms with Crippen LogP contribution in [0, 0.1) is 11.3 Å². The van der Waals surface area contributed by atoms with Gasteiger partial charge in [-0.2, -0.15) is 5.26 Å². The Balaban J connectivity index is 2.24. The van der Waals surface area contributed by atoms with Crippen LogP contribution >= 0.6 is 0 Å². The molecule has 16 heavy (non-hydrogen) atoms. The molecule has 0 aromatic carbocycles. The lowest BCUT2D eigenvalue weighted by atomic mass is 10.2. The monoisotopic (exact) mass is 227 g/mol. The van der Waals surface area contributed by atoms with Crippen molar-refractivity contribution in [3.8, 4) is 6.07 Å². The smallest absolute Gasteiger partial charge is 0.0950 e. The third-order valence-electron chi connectivity index (χ3n) is 2.97. The summed E-state index contributed by atoms with van der Waals surface area (Å²) in [6.45, 7) is 6.58. The molecule has 1 aliphatic heterocycles. The van der Waals surface area contributed by atoms with Crippen molar-refractivity contribution in [2.24, 2.45) is 0 Å². The average Bonchev–Trinajstić information content (AvgIpc) is 2.29. The molecule has 1 N–H and O–H groups in total. The van der Waals surface area contributed by atoms with Gasteiger partial charge in [0.1, 0.15) is 0 Å². The first-order chi connectivity index (χ1) is 7.67. The molecule has 0 radical (unpaired) electrons. The fraction of sp³-hybridized carbons (Fsp3) is 0.909. The number of nitrogens with zero attached hydrogens (tertiary/aromatic N) is 3. The number of nitriles is 1. The van der Waals surface area contributed by atoms with Gasteiger partial charge >= 0.3 is 0 Å². The van der Waals surface area contributed by atoms with Crippen molar-refractivity contribution in [2.45, 2.75) is 19.1 Å². The summed E-state index contributed by atoms with van der Waals surface area (Å²) in [7, 11) is 1.59. The van der Waals surface area contributed by atoms with Gasteiger partial charge in [-0.05, 0) is 6.92 Å². The Morgan fingerprint density at radius 3 is 2.50 bits per heavy atom. The van der Waals surface area contributed by atoms with Gasteiger partial charge in [0.15, 0.2) is 0 Å². The zero-order chi connectivity index (χ0) is 12.0. The van der Waals surface area contributed by atoms with Crippen LogP contribution in [-0.2, 0) is 4.74 Å². The van der Waals surface area contributed by atoms with Crippen molar-refractivity contribution in [1.82, 2.24) is 9.80 Å². The molecule has 2 unspecified atom stereocenters. The maximum atomic E-state index is 9.59. The van der Waals surface area contributed by atoms with Crippen molar-refractivity contribution in [2.75, 3.05) is 46.4 Å². The second kappa shape index (κ2) is 6.81. The molecule has 5 nitrogen and oxygen atoms in total. The Morgan fingerprint density at radius 1 is 1.38 bits per heavy atom. The molecule has 1 heterocycles. The van der Waals surface area contributed by atoms with Crippen LogP contribution in [0.15, 0.2) is 0 Å². The van der Waals surface area contributed by atoms with Crippen LogP contribution in [0.25, 0.3) is 0 Å². The maximum absolute atomic E-state index is 9.59. The van der Waals surface area contributed by atoms with E-state index >= 15 is 0 Å². The van der Waals surface area contributed by atoms with Gasteiger partial charge in [0.2, 0.25) is 0 Å². The Hall–Kier alpha value is -0.670. The SMILES string of the molecule is COCC(O)CN1CCN(C(C)C#N)CC1. The van der Waals surface area contributed by atoms with Crippen molar-refractivity contribution in [3.63, 3.8) is 0 Å². The summed E-state index contributed by atoms with van der Waals surface area (Å²) in [6, 6.07) is 2.24. The van der Waals surface area contributed by atoms with E-state index in [-0.39, 0.29) is 6.04 Å². The zero-order valence-electron chi connectivity index (χ0n) is 10.1. The molecule has 0 saturated carbocycles. The van der Waals surface area contributed by atoms with E-state index in [1.165, 1.54) is 0 Å². The van der Waals surface area contributed by atoms with E-state index in [9.17, 15) is 5.11 Å². The Morgan fingerprint density at radius 2 is 2.00 bits per heavy atom. The number of aliphatic hydroxyl groups is 1. The Labute approximate surface area is 97.2 Å². The molecule has 0 aromatic rings. The molecule has 1 saturated heterocycles. The lowest BCUT2D eigenvalue weighted by molar-refractivity contribution is 0.0219. The molecule has 2 atom stereocenters. The van der Waals surface area contributed by atoms with Crippen LogP contribution in [0.1, 0.15) is 6.92 Å². The second-order valence-corrected chi connectivity index (χ2v) is 4.25. The summed E-state index contributed by atoms with van der Waals surface area (Å²) >= 11 is 0. The molecule has 0 aliphatic carbocycles. The number of methoxy groups -OCH3 is 1. The highest BCUT2D eigenvalue weighted by molar-refractivity contribution is 4.90. The third-order valence-corrected chi connectivity index (χ3v) is 2.97. The largest absolute Gasteiger partial charge is 0.389 e. The first-order valence-corrected chi connectivity index (χ1v) is 5.70. The second-order valence-electron chi connectivity index (χ2n) is 4.25. The maximum Gasteiger partial charge on any atom is 0.0950 e. The highest BCUT2D eigenvalue weighted by Gasteiger charge is 2.21. The minimum atomic E-state index is -0.412. The number of aliphatic hydroxyl groups excluding tert-OH is 1. The van der Waals surface area contributed by atoms with Gasteiger partial charge in [0, 0.05) is 39.8 Å². The van der Waals surface area contributed by atoms with Crippen LogP contribution in [0.3, 0.4) is 0 Å². The normalized spacial score (nSPS) is 22.6. The Bertz CT molecular complexity index is 234. The summed E-state index contributed by atoms with van der Waals surface area (Å²) in [5, 5.41) is 18.4. The summed E-state index contributed by atoms with van der Waals surface area (Å²) in [6.07, 6.45) is -0.412. The first-order valence-electron chi connectivity index (χ1n) is 5.70. The Kier molecular flexibility index (Phi) is 5.71. The number of ether oxygens (including phenoxy) is 1. The van der Waals surface area contributed by atoms with Gasteiger partial charge in [-0.25, -0.2) is 0 Å². The summed E-state index contributed by atoms with van der Waals surface area (Å²) in [5.74, 6) is 0. The third kappa shape index (κ3) is 4.06. The molecule has 0 bridgehead atoms. The van der Waals surface area contributed by atoms with Crippen molar-refractivity contribution < 1.29 is 9.84 Å². The molecule has 1 fully saturated rings. The highest BCUT2D eigenvalue weighted by Crippen LogP contribution is 2.06. The molecular formula is C11H21N3O2. The van der Waals surface area contributed by atoms with Gasteiger partial charge in [-0.3, -0.25) is 9.80 Å². The van der Waals surface area contributed by atoms with E-state index in [0.29, 0.717) is 13.2 Å². The van der Waals surface area contributed by atoms with Crippen molar-refractivity contribution >= 4 is 0 Å². The van der Waals surface area contributed by atoms with Gasteiger partial charge in [0.05, 0.1) is 24.8 Å². The standard InChI is InChI=1S/C11H21N3O2/c1-10(7-12)14-5-3-13(4-6-14)8-11(15)9-16-2/h10-11,15H,3-6,8-9H2,1-2H3. The van der Waals surface area contributed by atoms with Crippen LogP contribution in [0.2, 0.25) is 0 Å². The first kappa shape index (κ1) is 13.4. The minimum Gasteiger partial charge on any atom is -0.389 e. The number of β-amino-alcohol motifs (C(OH)–C–C–N with tert-alkyl or cyclic N) is 1. The van der Waals surface area contributed by atoms with Crippen molar-refractivity contribution in [1.29, 1.82) is 5.26 Å². The predicted molar refractivity (Wildman–Crippen MR) is 61.0 cm³/mol. The van der Waals surface area contributed by atoms with Gasteiger partial charge in [-0.1, -0.05) is 0 Å². The average molecular weight is 227 g/mol. The summed E-state index contributed by atoms with van der Waals surface area (Å²) < 4.78 is 4.89. The van der Waals surface area contributed by atoms with E-state index in [0.717, 1.165) is 26.2 Å². The lowest BCUT2D eigenvalue weighted by Gasteiger charge is -2.36. The van der Waals surface area contributed by atoms with E-state index < -0.39 is 6.10 Å². The van der Waals surface area contributed by atoms with Gasteiger partial charge < -0.3 is 9.84 Å². The molecule has 0 spiro atoms. The molecule has 1 rings (SSSR count). The molecule has 0 amide bonds. The summed E-state index contributed by atoms with van der Waals surface area (Å²) in [5.41, 5.74) is 0. The zero-order valence-corrected chi connectivity index (χ0v) is 10.1. The van der Waals surface area contributed by atoms with Gasteiger partial charge in [0.25, 0.3) is 0 Å².